The highest BCUT2D eigenvalue weighted by atomic mass is 32.2. The lowest BCUT2D eigenvalue weighted by Crippen LogP contribution is -2.53. The van der Waals surface area contributed by atoms with Gasteiger partial charge in [-0.3, -0.25) is 4.79 Å². The van der Waals surface area contributed by atoms with Crippen LogP contribution >= 0.6 is 0 Å². The molecule has 0 aromatic heterocycles. The summed E-state index contributed by atoms with van der Waals surface area (Å²) in [5.74, 6) is -0.0695. The number of amides is 1. The Morgan fingerprint density at radius 3 is 2.32 bits per heavy atom. The van der Waals surface area contributed by atoms with Crippen LogP contribution in [0.15, 0.2) is 59.5 Å². The number of nitrogens with two attached hydrogens (primary N) is 1. The van der Waals surface area contributed by atoms with Crippen molar-refractivity contribution in [1.82, 2.24) is 9.21 Å². The van der Waals surface area contributed by atoms with Crippen molar-refractivity contribution >= 4 is 15.9 Å². The van der Waals surface area contributed by atoms with Gasteiger partial charge < -0.3 is 10.6 Å². The van der Waals surface area contributed by atoms with E-state index >= 15 is 0 Å². The molecule has 0 aliphatic carbocycles. The van der Waals surface area contributed by atoms with E-state index in [0.29, 0.717) is 37.2 Å². The minimum absolute atomic E-state index is 0.0695. The molecule has 1 heterocycles. The summed E-state index contributed by atoms with van der Waals surface area (Å²) in [6, 6.07) is 15.9. The zero-order chi connectivity index (χ0) is 22.6. The number of piperidine rings is 1. The molecule has 2 aromatic carbocycles. The van der Waals surface area contributed by atoms with Crippen LogP contribution in [0.4, 0.5) is 0 Å². The molecule has 0 radical (unpaired) electrons. The Hall–Kier alpha value is -2.22. The van der Waals surface area contributed by atoms with Crippen LogP contribution in [0.25, 0.3) is 0 Å². The van der Waals surface area contributed by atoms with E-state index in [-0.39, 0.29) is 18.0 Å². The van der Waals surface area contributed by atoms with Gasteiger partial charge in [-0.2, -0.15) is 4.31 Å². The second-order valence-electron chi connectivity index (χ2n) is 8.60. The predicted molar refractivity (Wildman–Crippen MR) is 123 cm³/mol. The van der Waals surface area contributed by atoms with Gasteiger partial charge in [-0.05, 0) is 63.3 Å². The highest BCUT2D eigenvalue weighted by Crippen LogP contribution is 2.27. The van der Waals surface area contributed by atoms with Gasteiger partial charge in [-0.1, -0.05) is 42.5 Å². The van der Waals surface area contributed by atoms with Gasteiger partial charge in [0, 0.05) is 25.2 Å². The first-order valence-corrected chi connectivity index (χ1v) is 12.3. The summed E-state index contributed by atoms with van der Waals surface area (Å²) in [6.07, 6.45) is 1.71. The molecule has 2 aromatic rings. The molecule has 3 rings (SSSR count). The lowest BCUT2D eigenvalue weighted by molar-refractivity contribution is -0.134. The zero-order valence-corrected chi connectivity index (χ0v) is 19.4. The van der Waals surface area contributed by atoms with Gasteiger partial charge >= 0.3 is 0 Å². The number of aryl methyl sites for hydroxylation is 1. The van der Waals surface area contributed by atoms with Crippen molar-refractivity contribution in [2.24, 2.45) is 5.73 Å². The first-order valence-electron chi connectivity index (χ1n) is 10.9. The Morgan fingerprint density at radius 1 is 1.10 bits per heavy atom. The standard InChI is InChI=1S/C24H33N3O3S/c1-18(2)27(31(29,30)22-11-7-8-19(3)16-22)21-12-14-26(15-13-21)24(28)23(25)17-20-9-5-4-6-10-20/h4-11,16,18,21,23H,12-15,17,25H2,1-3H3/t23-/m0/s1. The largest absolute Gasteiger partial charge is 0.341 e. The SMILES string of the molecule is Cc1cccc(S(=O)(=O)N(C(C)C)C2CCN(C(=O)[C@@H](N)Cc3ccccc3)CC2)c1. The Labute approximate surface area is 186 Å². The normalized spacial score (nSPS) is 16.6. The quantitative estimate of drug-likeness (QED) is 0.713. The molecule has 1 atom stereocenters. The third-order valence-corrected chi connectivity index (χ3v) is 7.95. The van der Waals surface area contributed by atoms with Crippen LogP contribution in [0.3, 0.4) is 0 Å². The topological polar surface area (TPSA) is 83.7 Å². The summed E-state index contributed by atoms with van der Waals surface area (Å²) in [4.78, 5) is 14.9. The van der Waals surface area contributed by atoms with Crippen LogP contribution in [0, 0.1) is 6.92 Å². The van der Waals surface area contributed by atoms with E-state index in [1.54, 1.807) is 27.4 Å². The van der Waals surface area contributed by atoms with Crippen molar-refractivity contribution in [3.05, 3.63) is 65.7 Å². The van der Waals surface area contributed by atoms with E-state index in [1.165, 1.54) is 0 Å². The minimum Gasteiger partial charge on any atom is -0.341 e. The summed E-state index contributed by atoms with van der Waals surface area (Å²) in [7, 11) is -3.61. The second-order valence-corrected chi connectivity index (χ2v) is 10.4. The molecule has 1 aliphatic heterocycles. The fourth-order valence-corrected chi connectivity index (χ4v) is 6.31. The van der Waals surface area contributed by atoms with Crippen LogP contribution in [-0.4, -0.2) is 54.7 Å². The van der Waals surface area contributed by atoms with Gasteiger partial charge in [-0.25, -0.2) is 8.42 Å². The van der Waals surface area contributed by atoms with Gasteiger partial charge in [0.15, 0.2) is 0 Å². The second kappa shape index (κ2) is 9.94. The number of carbonyl (C=O) groups excluding carboxylic acids is 1. The lowest BCUT2D eigenvalue weighted by Gasteiger charge is -2.40. The Kier molecular flexibility index (Phi) is 7.51. The van der Waals surface area contributed by atoms with Gasteiger partial charge in [0.2, 0.25) is 15.9 Å². The van der Waals surface area contributed by atoms with Crippen LogP contribution < -0.4 is 5.73 Å². The minimum atomic E-state index is -3.61. The number of sulfonamides is 1. The van der Waals surface area contributed by atoms with Crippen molar-refractivity contribution < 1.29 is 13.2 Å². The smallest absolute Gasteiger partial charge is 0.243 e. The van der Waals surface area contributed by atoms with Gasteiger partial charge in [0.25, 0.3) is 0 Å². The highest BCUT2D eigenvalue weighted by Gasteiger charge is 2.37. The number of benzene rings is 2. The summed E-state index contributed by atoms with van der Waals surface area (Å²) < 4.78 is 28.4. The van der Waals surface area contributed by atoms with E-state index in [4.69, 9.17) is 5.73 Å². The molecule has 1 aliphatic rings. The van der Waals surface area contributed by atoms with E-state index in [2.05, 4.69) is 0 Å². The molecule has 7 heteroatoms. The van der Waals surface area contributed by atoms with Crippen molar-refractivity contribution in [3.8, 4) is 0 Å². The number of hydrogen-bond acceptors (Lipinski definition) is 4. The maximum atomic E-state index is 13.4. The molecule has 0 unspecified atom stereocenters. The van der Waals surface area contributed by atoms with Crippen LogP contribution in [0.5, 0.6) is 0 Å². The molecule has 0 bridgehead atoms. The first kappa shape index (κ1) is 23.4. The fourth-order valence-electron chi connectivity index (χ4n) is 4.32. The molecule has 31 heavy (non-hydrogen) atoms. The summed E-state index contributed by atoms with van der Waals surface area (Å²) in [6.45, 7) is 6.72. The average Bonchev–Trinajstić information content (AvgIpc) is 2.74. The number of nitrogens with zero attached hydrogens (tertiary/aromatic N) is 2. The molecule has 6 nitrogen and oxygen atoms in total. The average molecular weight is 444 g/mol. The van der Waals surface area contributed by atoms with E-state index in [0.717, 1.165) is 11.1 Å². The molecular weight excluding hydrogens is 410 g/mol. The van der Waals surface area contributed by atoms with Crippen molar-refractivity contribution in [3.63, 3.8) is 0 Å². The Morgan fingerprint density at radius 2 is 1.74 bits per heavy atom. The van der Waals surface area contributed by atoms with E-state index < -0.39 is 16.1 Å². The number of likely N-dealkylation sites (tertiary alicyclic amines) is 1. The van der Waals surface area contributed by atoms with Crippen molar-refractivity contribution in [2.75, 3.05) is 13.1 Å². The van der Waals surface area contributed by atoms with Gasteiger partial charge in [0.05, 0.1) is 10.9 Å². The van der Waals surface area contributed by atoms with Gasteiger partial charge in [-0.15, -0.1) is 0 Å². The molecular formula is C24H33N3O3S. The first-order chi connectivity index (χ1) is 14.7. The number of carbonyl (C=O) groups is 1. The summed E-state index contributed by atoms with van der Waals surface area (Å²) in [5.41, 5.74) is 8.13. The maximum Gasteiger partial charge on any atom is 0.243 e. The third-order valence-electron chi connectivity index (χ3n) is 5.83. The molecule has 2 N–H and O–H groups in total. The summed E-state index contributed by atoms with van der Waals surface area (Å²) >= 11 is 0. The fraction of sp³-hybridized carbons (Fsp3) is 0.458. The zero-order valence-electron chi connectivity index (χ0n) is 18.6. The van der Waals surface area contributed by atoms with Crippen LogP contribution in [0.2, 0.25) is 0 Å². The Balaban J connectivity index is 1.67. The maximum absolute atomic E-state index is 13.4. The lowest BCUT2D eigenvalue weighted by atomic mass is 10.0. The number of hydrogen-bond donors (Lipinski definition) is 1. The van der Waals surface area contributed by atoms with E-state index in [1.807, 2.05) is 57.2 Å². The Bertz CT molecular complexity index is 984. The van der Waals surface area contributed by atoms with Crippen molar-refractivity contribution in [1.29, 1.82) is 0 Å². The highest BCUT2D eigenvalue weighted by molar-refractivity contribution is 7.89. The molecule has 0 spiro atoms. The molecule has 1 fully saturated rings. The third kappa shape index (κ3) is 5.53. The van der Waals surface area contributed by atoms with Crippen LogP contribution in [0.1, 0.15) is 37.8 Å². The van der Waals surface area contributed by atoms with E-state index in [9.17, 15) is 13.2 Å². The predicted octanol–water partition coefficient (Wildman–Crippen LogP) is 2.96. The molecule has 0 saturated carbocycles. The molecule has 1 saturated heterocycles. The molecule has 1 amide bonds. The van der Waals surface area contributed by atoms with Crippen molar-refractivity contribution in [2.45, 2.75) is 63.1 Å². The van der Waals surface area contributed by atoms with Crippen LogP contribution in [-0.2, 0) is 21.2 Å². The molecule has 168 valence electrons. The number of rotatable bonds is 7. The summed E-state index contributed by atoms with van der Waals surface area (Å²) in [5, 5.41) is 0. The monoisotopic (exact) mass is 443 g/mol. The van der Waals surface area contributed by atoms with Gasteiger partial charge in [0.1, 0.15) is 0 Å².